The zero-order valence-electron chi connectivity index (χ0n) is 11.7. The third kappa shape index (κ3) is 3.72. The van der Waals surface area contributed by atoms with Gasteiger partial charge in [-0.25, -0.2) is 18.1 Å². The first-order valence-corrected chi connectivity index (χ1v) is 8.17. The standard InChI is InChI=1S/C14H16ClN3O2S/c1-10-5-3-4-6-11(10)8-18-21(19,20)12-7-13(15)14(16-2)17-9-12/h3-7,9,18H,8H2,1-2H3,(H,16,17). The summed E-state index contributed by atoms with van der Waals surface area (Å²) in [5.41, 5.74) is 1.95. The molecule has 5 nitrogen and oxygen atoms in total. The highest BCUT2D eigenvalue weighted by atomic mass is 35.5. The highest BCUT2D eigenvalue weighted by molar-refractivity contribution is 7.89. The predicted molar refractivity (Wildman–Crippen MR) is 84.0 cm³/mol. The van der Waals surface area contributed by atoms with Crippen LogP contribution in [0.1, 0.15) is 11.1 Å². The van der Waals surface area contributed by atoms with Crippen molar-refractivity contribution in [2.24, 2.45) is 0 Å². The maximum absolute atomic E-state index is 12.2. The Morgan fingerprint density at radius 3 is 2.62 bits per heavy atom. The predicted octanol–water partition coefficient (Wildman–Crippen LogP) is 2.56. The van der Waals surface area contributed by atoms with Crippen LogP contribution in [-0.4, -0.2) is 20.4 Å². The van der Waals surface area contributed by atoms with Crippen molar-refractivity contribution in [1.82, 2.24) is 9.71 Å². The molecule has 7 heteroatoms. The molecule has 0 atom stereocenters. The molecule has 0 aliphatic carbocycles. The molecule has 0 aliphatic rings. The molecule has 0 saturated heterocycles. The molecule has 0 amide bonds. The Bertz CT molecular complexity index is 748. The van der Waals surface area contributed by atoms with E-state index in [1.807, 2.05) is 31.2 Å². The van der Waals surface area contributed by atoms with Crippen LogP contribution in [0.25, 0.3) is 0 Å². The van der Waals surface area contributed by atoms with Crippen LogP contribution in [0.4, 0.5) is 5.82 Å². The van der Waals surface area contributed by atoms with Crippen LogP contribution in [0.15, 0.2) is 41.4 Å². The zero-order valence-corrected chi connectivity index (χ0v) is 13.3. The van der Waals surface area contributed by atoms with Gasteiger partial charge in [0, 0.05) is 19.8 Å². The summed E-state index contributed by atoms with van der Waals surface area (Å²) in [7, 11) is -1.98. The van der Waals surface area contributed by atoms with Gasteiger partial charge < -0.3 is 5.32 Å². The number of nitrogens with zero attached hydrogens (tertiary/aromatic N) is 1. The van der Waals surface area contributed by atoms with E-state index in [0.29, 0.717) is 5.82 Å². The Labute approximate surface area is 129 Å². The van der Waals surface area contributed by atoms with Gasteiger partial charge in [-0.2, -0.15) is 0 Å². The zero-order chi connectivity index (χ0) is 15.5. The summed E-state index contributed by atoms with van der Waals surface area (Å²) in [6.07, 6.45) is 1.28. The molecule has 0 radical (unpaired) electrons. The molecule has 0 bridgehead atoms. The van der Waals surface area contributed by atoms with E-state index < -0.39 is 10.0 Å². The average molecular weight is 326 g/mol. The Kier molecular flexibility index (Phi) is 4.82. The van der Waals surface area contributed by atoms with Crippen LogP contribution >= 0.6 is 11.6 Å². The fourth-order valence-electron chi connectivity index (χ4n) is 1.82. The Morgan fingerprint density at radius 2 is 2.00 bits per heavy atom. The highest BCUT2D eigenvalue weighted by Crippen LogP contribution is 2.22. The molecule has 0 saturated carbocycles. The summed E-state index contributed by atoms with van der Waals surface area (Å²) in [6.45, 7) is 2.16. The lowest BCUT2D eigenvalue weighted by molar-refractivity contribution is 0.581. The molecule has 0 unspecified atom stereocenters. The van der Waals surface area contributed by atoms with E-state index >= 15 is 0 Å². The van der Waals surface area contributed by atoms with Gasteiger partial charge in [-0.1, -0.05) is 35.9 Å². The maximum Gasteiger partial charge on any atom is 0.242 e. The summed E-state index contributed by atoms with van der Waals surface area (Å²) in [4.78, 5) is 4.02. The van der Waals surface area contributed by atoms with Gasteiger partial charge in [-0.05, 0) is 24.1 Å². The molecule has 1 heterocycles. The number of rotatable bonds is 5. The minimum Gasteiger partial charge on any atom is -0.372 e. The van der Waals surface area contributed by atoms with Gasteiger partial charge in [-0.15, -0.1) is 0 Å². The van der Waals surface area contributed by atoms with Crippen molar-refractivity contribution >= 4 is 27.4 Å². The van der Waals surface area contributed by atoms with Crippen molar-refractivity contribution < 1.29 is 8.42 Å². The van der Waals surface area contributed by atoms with E-state index in [0.717, 1.165) is 11.1 Å². The molecule has 1 aromatic carbocycles. The van der Waals surface area contributed by atoms with Crippen molar-refractivity contribution in [2.45, 2.75) is 18.4 Å². The molecule has 0 spiro atoms. The van der Waals surface area contributed by atoms with Gasteiger partial charge in [0.1, 0.15) is 10.7 Å². The van der Waals surface area contributed by atoms with Gasteiger partial charge in [0.25, 0.3) is 0 Å². The normalized spacial score (nSPS) is 11.4. The van der Waals surface area contributed by atoms with E-state index in [4.69, 9.17) is 11.6 Å². The number of hydrogen-bond acceptors (Lipinski definition) is 4. The number of pyridine rings is 1. The van der Waals surface area contributed by atoms with Gasteiger partial charge in [0.15, 0.2) is 0 Å². The molecule has 112 valence electrons. The van der Waals surface area contributed by atoms with Crippen LogP contribution in [-0.2, 0) is 16.6 Å². The summed E-state index contributed by atoms with van der Waals surface area (Å²) < 4.78 is 27.0. The number of sulfonamides is 1. The van der Waals surface area contributed by atoms with E-state index in [1.165, 1.54) is 12.3 Å². The smallest absolute Gasteiger partial charge is 0.242 e. The van der Waals surface area contributed by atoms with Crippen molar-refractivity contribution in [1.29, 1.82) is 0 Å². The van der Waals surface area contributed by atoms with Crippen LogP contribution in [0.5, 0.6) is 0 Å². The van der Waals surface area contributed by atoms with Crippen molar-refractivity contribution in [2.75, 3.05) is 12.4 Å². The summed E-state index contributed by atoms with van der Waals surface area (Å²) in [5.74, 6) is 0.439. The summed E-state index contributed by atoms with van der Waals surface area (Å²) >= 11 is 5.96. The SMILES string of the molecule is CNc1ncc(S(=O)(=O)NCc2ccccc2C)cc1Cl. The number of aryl methyl sites for hydroxylation is 1. The lowest BCUT2D eigenvalue weighted by Crippen LogP contribution is -2.23. The topological polar surface area (TPSA) is 71.1 Å². The number of hydrogen-bond donors (Lipinski definition) is 2. The van der Waals surface area contributed by atoms with Crippen molar-refractivity contribution in [3.63, 3.8) is 0 Å². The molecule has 2 rings (SSSR count). The molecule has 0 aliphatic heterocycles. The second-order valence-electron chi connectivity index (χ2n) is 4.50. The lowest BCUT2D eigenvalue weighted by Gasteiger charge is -2.10. The molecule has 2 aromatic rings. The number of aromatic nitrogens is 1. The molecule has 21 heavy (non-hydrogen) atoms. The number of halogens is 1. The molecule has 2 N–H and O–H groups in total. The second kappa shape index (κ2) is 6.43. The Hall–Kier alpha value is -1.63. The van der Waals surface area contributed by atoms with Gasteiger partial charge in [-0.3, -0.25) is 0 Å². The van der Waals surface area contributed by atoms with Crippen LogP contribution < -0.4 is 10.0 Å². The molecule has 0 fully saturated rings. The summed E-state index contributed by atoms with van der Waals surface area (Å²) in [6, 6.07) is 8.97. The minimum absolute atomic E-state index is 0.0417. The van der Waals surface area contributed by atoms with Crippen molar-refractivity contribution in [3.05, 3.63) is 52.7 Å². The largest absolute Gasteiger partial charge is 0.372 e. The van der Waals surface area contributed by atoms with Crippen LogP contribution in [0.3, 0.4) is 0 Å². The quantitative estimate of drug-likeness (QED) is 0.886. The van der Waals surface area contributed by atoms with Gasteiger partial charge in [0.2, 0.25) is 10.0 Å². The van der Waals surface area contributed by atoms with Crippen molar-refractivity contribution in [3.8, 4) is 0 Å². The number of nitrogens with one attached hydrogen (secondary N) is 2. The average Bonchev–Trinajstić information content (AvgIpc) is 2.46. The minimum atomic E-state index is -3.65. The highest BCUT2D eigenvalue weighted by Gasteiger charge is 2.16. The first kappa shape index (κ1) is 15.8. The Balaban J connectivity index is 2.19. The number of benzene rings is 1. The fraction of sp³-hybridized carbons (Fsp3) is 0.214. The monoisotopic (exact) mass is 325 g/mol. The first-order valence-electron chi connectivity index (χ1n) is 6.31. The maximum atomic E-state index is 12.2. The molecular formula is C14H16ClN3O2S. The number of anilines is 1. The fourth-order valence-corrected chi connectivity index (χ4v) is 3.12. The molecule has 1 aromatic heterocycles. The third-order valence-electron chi connectivity index (χ3n) is 3.08. The van der Waals surface area contributed by atoms with Gasteiger partial charge >= 0.3 is 0 Å². The van der Waals surface area contributed by atoms with E-state index in [2.05, 4.69) is 15.0 Å². The summed E-state index contributed by atoms with van der Waals surface area (Å²) in [5, 5.41) is 3.04. The first-order chi connectivity index (χ1) is 9.94. The van der Waals surface area contributed by atoms with E-state index in [9.17, 15) is 8.42 Å². The lowest BCUT2D eigenvalue weighted by atomic mass is 10.1. The van der Waals surface area contributed by atoms with E-state index in [-0.39, 0.29) is 16.5 Å². The molecular weight excluding hydrogens is 310 g/mol. The van der Waals surface area contributed by atoms with Crippen LogP contribution in [0, 0.1) is 6.92 Å². The Morgan fingerprint density at radius 1 is 1.29 bits per heavy atom. The van der Waals surface area contributed by atoms with Crippen LogP contribution in [0.2, 0.25) is 5.02 Å². The van der Waals surface area contributed by atoms with Gasteiger partial charge in [0.05, 0.1) is 5.02 Å². The van der Waals surface area contributed by atoms with E-state index in [1.54, 1.807) is 7.05 Å². The second-order valence-corrected chi connectivity index (χ2v) is 6.68. The third-order valence-corrected chi connectivity index (χ3v) is 4.73.